The number of nitrogens with zero attached hydrogens (tertiary/aromatic N) is 1. The average Bonchev–Trinajstić information content (AvgIpc) is 2.92. The number of para-hydroxylation sites is 1. The maximum Gasteiger partial charge on any atom is 0.429 e. The van der Waals surface area contributed by atoms with E-state index in [0.717, 1.165) is 0 Å². The van der Waals surface area contributed by atoms with Gasteiger partial charge < -0.3 is 8.83 Å². The van der Waals surface area contributed by atoms with Crippen LogP contribution in [0.3, 0.4) is 0 Å². The average molecular weight is 257 g/mol. The second kappa shape index (κ2) is 4.09. The lowest BCUT2D eigenvalue weighted by atomic mass is 10.2. The Morgan fingerprint density at radius 3 is 2.58 bits per heavy atom. The first-order chi connectivity index (χ1) is 9.18. The lowest BCUT2D eigenvalue weighted by Crippen LogP contribution is -2.37. The minimum absolute atomic E-state index is 0.107. The molecule has 0 spiro atoms. The van der Waals surface area contributed by atoms with Crippen LogP contribution >= 0.6 is 0 Å². The molecule has 3 rings (SSSR count). The molecule has 0 bridgehead atoms. The number of hydrogen-bond donors (Lipinski definition) is 0. The first-order valence-electron chi connectivity index (χ1n) is 5.41. The van der Waals surface area contributed by atoms with Gasteiger partial charge in [0, 0.05) is 0 Å². The van der Waals surface area contributed by atoms with Crippen molar-refractivity contribution in [2.45, 2.75) is 0 Å². The fourth-order valence-electron chi connectivity index (χ4n) is 1.76. The molecule has 0 amide bonds. The zero-order chi connectivity index (χ0) is 13.4. The Bertz CT molecular complexity index is 870. The number of aromatic nitrogens is 1. The minimum atomic E-state index is -1.04. The summed E-state index contributed by atoms with van der Waals surface area (Å²) in [6.07, 6.45) is 1.28. The number of benzene rings is 1. The monoisotopic (exact) mass is 257 g/mol. The summed E-state index contributed by atoms with van der Waals surface area (Å²) in [4.78, 5) is 35.9. The van der Waals surface area contributed by atoms with Gasteiger partial charge in [-0.3, -0.25) is 9.59 Å². The molecule has 0 saturated carbocycles. The summed E-state index contributed by atoms with van der Waals surface area (Å²) in [5.74, 6) is -2.00. The molecule has 0 N–H and O–H groups in total. The van der Waals surface area contributed by atoms with Gasteiger partial charge in [0.15, 0.2) is 5.76 Å². The Labute approximate surface area is 105 Å². The van der Waals surface area contributed by atoms with Crippen molar-refractivity contribution in [1.29, 1.82) is 0 Å². The van der Waals surface area contributed by atoms with Crippen LogP contribution in [0.4, 0.5) is 0 Å². The van der Waals surface area contributed by atoms with Crippen molar-refractivity contribution in [3.8, 4) is 0 Å². The van der Waals surface area contributed by atoms with Gasteiger partial charge in [0.25, 0.3) is 5.56 Å². The van der Waals surface area contributed by atoms with Crippen LogP contribution < -0.4 is 11.3 Å². The summed E-state index contributed by atoms with van der Waals surface area (Å²) in [7, 11) is 0. The number of fused-ring (bicyclic) bond motifs is 1. The summed E-state index contributed by atoms with van der Waals surface area (Å²) in [5.41, 5.74) is -0.589. The van der Waals surface area contributed by atoms with E-state index in [2.05, 4.69) is 0 Å². The van der Waals surface area contributed by atoms with Crippen molar-refractivity contribution in [2.24, 2.45) is 0 Å². The molecule has 0 saturated heterocycles. The first-order valence-corrected chi connectivity index (χ1v) is 5.41. The van der Waals surface area contributed by atoms with Crippen molar-refractivity contribution in [1.82, 2.24) is 4.57 Å². The third-order valence-electron chi connectivity index (χ3n) is 2.64. The van der Waals surface area contributed by atoms with Gasteiger partial charge in [-0.1, -0.05) is 12.1 Å². The quantitative estimate of drug-likeness (QED) is 0.654. The SMILES string of the molecule is O=C(c1ccco1)n1c(=O)oc2ccccc2c1=O. The van der Waals surface area contributed by atoms with Gasteiger partial charge in [-0.15, -0.1) is 0 Å². The van der Waals surface area contributed by atoms with Gasteiger partial charge in [-0.05, 0) is 24.3 Å². The molecule has 0 aliphatic carbocycles. The van der Waals surface area contributed by atoms with E-state index in [4.69, 9.17) is 8.83 Å². The standard InChI is InChI=1S/C13H7NO5/c15-11-8-4-1-2-5-9(8)19-13(17)14(11)12(16)10-6-3-7-18-10/h1-7H. The zero-order valence-corrected chi connectivity index (χ0v) is 9.53. The normalized spacial score (nSPS) is 10.7. The van der Waals surface area contributed by atoms with Gasteiger partial charge in [0.05, 0.1) is 11.6 Å². The van der Waals surface area contributed by atoms with E-state index >= 15 is 0 Å². The Kier molecular flexibility index (Phi) is 2.42. The molecular weight excluding hydrogens is 250 g/mol. The van der Waals surface area contributed by atoms with Gasteiger partial charge in [-0.2, -0.15) is 4.57 Å². The Morgan fingerprint density at radius 1 is 1.05 bits per heavy atom. The second-order valence-corrected chi connectivity index (χ2v) is 3.79. The summed E-state index contributed by atoms with van der Waals surface area (Å²) in [6.45, 7) is 0. The van der Waals surface area contributed by atoms with E-state index < -0.39 is 17.2 Å². The lowest BCUT2D eigenvalue weighted by molar-refractivity contribution is 0.0915. The van der Waals surface area contributed by atoms with E-state index in [0.29, 0.717) is 4.57 Å². The number of carbonyl (C=O) groups excluding carboxylic acids is 1. The predicted octanol–water partition coefficient (Wildman–Crippen LogP) is 1.24. The Morgan fingerprint density at radius 2 is 1.84 bits per heavy atom. The molecule has 19 heavy (non-hydrogen) atoms. The van der Waals surface area contributed by atoms with Crippen molar-refractivity contribution < 1.29 is 13.6 Å². The van der Waals surface area contributed by atoms with Crippen LogP contribution in [-0.4, -0.2) is 10.5 Å². The molecule has 0 aliphatic rings. The van der Waals surface area contributed by atoms with Crippen molar-refractivity contribution >= 4 is 16.9 Å². The molecule has 3 aromatic rings. The highest BCUT2D eigenvalue weighted by Gasteiger charge is 2.19. The second-order valence-electron chi connectivity index (χ2n) is 3.79. The highest BCUT2D eigenvalue weighted by atomic mass is 16.4. The van der Waals surface area contributed by atoms with Crippen LogP contribution in [0, 0.1) is 0 Å². The summed E-state index contributed by atoms with van der Waals surface area (Å²) < 4.78 is 10.2. The molecular formula is C13H7NO5. The van der Waals surface area contributed by atoms with E-state index in [1.54, 1.807) is 12.1 Å². The van der Waals surface area contributed by atoms with Gasteiger partial charge in [0.2, 0.25) is 0 Å². The molecule has 94 valence electrons. The third kappa shape index (κ3) is 1.70. The smallest absolute Gasteiger partial charge is 0.429 e. The highest BCUT2D eigenvalue weighted by Crippen LogP contribution is 2.07. The van der Waals surface area contributed by atoms with E-state index in [-0.39, 0.29) is 16.7 Å². The van der Waals surface area contributed by atoms with Crippen LogP contribution in [0.25, 0.3) is 11.0 Å². The fraction of sp³-hybridized carbons (Fsp3) is 0. The van der Waals surface area contributed by atoms with Crippen LogP contribution in [0.15, 0.2) is 61.1 Å². The summed E-state index contributed by atoms with van der Waals surface area (Å²) in [6, 6.07) is 9.06. The van der Waals surface area contributed by atoms with Gasteiger partial charge in [0.1, 0.15) is 5.58 Å². The number of furan rings is 1. The number of hydrogen-bond acceptors (Lipinski definition) is 5. The predicted molar refractivity (Wildman–Crippen MR) is 65.2 cm³/mol. The lowest BCUT2D eigenvalue weighted by Gasteiger charge is -2.01. The Hall–Kier alpha value is -2.89. The number of rotatable bonds is 1. The molecule has 0 aliphatic heterocycles. The fourth-order valence-corrected chi connectivity index (χ4v) is 1.76. The van der Waals surface area contributed by atoms with Crippen LogP contribution in [-0.2, 0) is 0 Å². The van der Waals surface area contributed by atoms with Crippen molar-refractivity contribution in [3.05, 3.63) is 69.3 Å². The van der Waals surface area contributed by atoms with E-state index in [9.17, 15) is 14.4 Å². The molecule has 6 heteroatoms. The molecule has 2 aromatic heterocycles. The van der Waals surface area contributed by atoms with E-state index in [1.807, 2.05) is 0 Å². The highest BCUT2D eigenvalue weighted by molar-refractivity contribution is 5.94. The first kappa shape index (κ1) is 11.2. The summed E-state index contributed by atoms with van der Waals surface area (Å²) >= 11 is 0. The molecule has 6 nitrogen and oxygen atoms in total. The van der Waals surface area contributed by atoms with Crippen LogP contribution in [0.2, 0.25) is 0 Å². The van der Waals surface area contributed by atoms with Gasteiger partial charge >= 0.3 is 11.7 Å². The molecule has 0 atom stereocenters. The Balaban J connectivity index is 2.34. The third-order valence-corrected chi connectivity index (χ3v) is 2.64. The van der Waals surface area contributed by atoms with E-state index in [1.165, 1.54) is 30.5 Å². The molecule has 0 radical (unpaired) electrons. The summed E-state index contributed by atoms with van der Waals surface area (Å²) in [5, 5.41) is 0.155. The maximum absolute atomic E-state index is 12.1. The molecule has 0 fully saturated rings. The largest absolute Gasteiger partial charge is 0.459 e. The zero-order valence-electron chi connectivity index (χ0n) is 9.53. The topological polar surface area (TPSA) is 82.4 Å². The number of carbonyl (C=O) groups is 1. The molecule has 0 unspecified atom stereocenters. The van der Waals surface area contributed by atoms with Crippen molar-refractivity contribution in [2.75, 3.05) is 0 Å². The van der Waals surface area contributed by atoms with Gasteiger partial charge in [-0.25, -0.2) is 4.79 Å². The molecule has 2 heterocycles. The maximum atomic E-state index is 12.1. The molecule has 1 aromatic carbocycles. The van der Waals surface area contributed by atoms with Crippen LogP contribution in [0.5, 0.6) is 0 Å². The van der Waals surface area contributed by atoms with Crippen LogP contribution in [0.1, 0.15) is 10.6 Å². The minimum Gasteiger partial charge on any atom is -0.459 e. The van der Waals surface area contributed by atoms with Crippen molar-refractivity contribution in [3.63, 3.8) is 0 Å².